The van der Waals surface area contributed by atoms with E-state index in [1.807, 2.05) is 11.3 Å². The SMILES string of the molecule is c1ccc(-c2ccc(N(c3cccc4sc5ccccc5c34)c3cccc4c3c3ccccc3n4C3(c4ccccc4)c4ccccc4-c4ccccc43)cc2)cc1. The summed E-state index contributed by atoms with van der Waals surface area (Å²) in [5.41, 5.74) is 14.0. The third kappa shape index (κ3) is 4.65. The van der Waals surface area contributed by atoms with Crippen molar-refractivity contribution in [3.63, 3.8) is 0 Å². The second kappa shape index (κ2) is 12.9. The third-order valence-corrected chi connectivity index (χ3v) is 13.4. The Hall–Kier alpha value is -7.20. The van der Waals surface area contributed by atoms with Gasteiger partial charge in [-0.2, -0.15) is 0 Å². The molecule has 2 heterocycles. The quantitative estimate of drug-likeness (QED) is 0.164. The van der Waals surface area contributed by atoms with E-state index >= 15 is 0 Å². The summed E-state index contributed by atoms with van der Waals surface area (Å²) in [7, 11) is 0. The van der Waals surface area contributed by atoms with Crippen LogP contribution in [0.25, 0.3) is 64.2 Å². The highest BCUT2D eigenvalue weighted by molar-refractivity contribution is 7.26. The van der Waals surface area contributed by atoms with Gasteiger partial charge in [-0.05, 0) is 87.5 Å². The molecule has 272 valence electrons. The number of aromatic nitrogens is 1. The van der Waals surface area contributed by atoms with Gasteiger partial charge in [0.25, 0.3) is 0 Å². The molecule has 0 aliphatic heterocycles. The lowest BCUT2D eigenvalue weighted by Gasteiger charge is -2.36. The van der Waals surface area contributed by atoms with Crippen LogP contribution in [-0.2, 0) is 5.54 Å². The van der Waals surface area contributed by atoms with Crippen molar-refractivity contribution < 1.29 is 0 Å². The van der Waals surface area contributed by atoms with Crippen LogP contribution in [0, 0.1) is 0 Å². The van der Waals surface area contributed by atoms with Gasteiger partial charge in [-0.3, -0.25) is 0 Å². The van der Waals surface area contributed by atoms with Gasteiger partial charge in [0, 0.05) is 36.6 Å². The first kappa shape index (κ1) is 33.0. The monoisotopic (exact) mass is 756 g/mol. The van der Waals surface area contributed by atoms with E-state index in [0.29, 0.717) is 0 Å². The molecule has 9 aromatic carbocycles. The summed E-state index contributed by atoms with van der Waals surface area (Å²) in [6.45, 7) is 0. The van der Waals surface area contributed by atoms with Gasteiger partial charge >= 0.3 is 0 Å². The van der Waals surface area contributed by atoms with Crippen molar-refractivity contribution in [2.24, 2.45) is 0 Å². The van der Waals surface area contributed by atoms with Crippen LogP contribution in [0.1, 0.15) is 16.7 Å². The van der Waals surface area contributed by atoms with Gasteiger partial charge < -0.3 is 9.47 Å². The zero-order chi connectivity index (χ0) is 38.2. The van der Waals surface area contributed by atoms with E-state index in [1.54, 1.807) is 0 Å². The molecule has 1 aliphatic carbocycles. The number of para-hydroxylation sites is 1. The Labute approximate surface area is 341 Å². The Morgan fingerprint density at radius 2 is 0.914 bits per heavy atom. The number of benzene rings is 9. The summed E-state index contributed by atoms with van der Waals surface area (Å²) < 4.78 is 5.22. The Morgan fingerprint density at radius 3 is 1.66 bits per heavy atom. The van der Waals surface area contributed by atoms with E-state index in [-0.39, 0.29) is 0 Å². The minimum absolute atomic E-state index is 0.625. The van der Waals surface area contributed by atoms with Crippen LogP contribution in [0.15, 0.2) is 218 Å². The van der Waals surface area contributed by atoms with Crippen LogP contribution in [0.3, 0.4) is 0 Å². The average molecular weight is 757 g/mol. The van der Waals surface area contributed by atoms with E-state index in [9.17, 15) is 0 Å². The summed E-state index contributed by atoms with van der Waals surface area (Å²) >= 11 is 1.86. The molecule has 11 aromatic rings. The lowest BCUT2D eigenvalue weighted by Crippen LogP contribution is -2.35. The van der Waals surface area contributed by atoms with Crippen molar-refractivity contribution in [3.05, 3.63) is 235 Å². The van der Waals surface area contributed by atoms with Crippen molar-refractivity contribution in [2.75, 3.05) is 4.90 Å². The second-order valence-corrected chi connectivity index (χ2v) is 16.3. The number of hydrogen-bond donors (Lipinski definition) is 0. The summed E-state index contributed by atoms with van der Waals surface area (Å²) in [5.74, 6) is 0. The topological polar surface area (TPSA) is 8.17 Å². The fourth-order valence-electron chi connectivity index (χ4n) is 9.90. The summed E-state index contributed by atoms with van der Waals surface area (Å²) in [5, 5.41) is 4.99. The highest BCUT2D eigenvalue weighted by Crippen LogP contribution is 2.57. The molecule has 0 unspecified atom stereocenters. The fraction of sp³-hybridized carbons (Fsp3) is 0.0182. The van der Waals surface area contributed by atoms with Crippen LogP contribution in [0.5, 0.6) is 0 Å². The molecule has 3 heteroatoms. The molecule has 0 spiro atoms. The molecule has 0 fully saturated rings. The number of rotatable bonds is 6. The minimum Gasteiger partial charge on any atom is -0.322 e. The standard InChI is InChI=1S/C55H36N2S/c1-3-17-37(18-4-1)38-33-35-40(36-34-38)56(49-29-16-32-52-54(49)44-24-10-14-31-51(44)58-52)48-28-15-30-50-53(48)43-23-9-13-27-47(43)57(50)55(39-19-5-2-6-20-39)45-25-11-7-21-41(45)42-22-8-12-26-46(42)55/h1-36H. The number of hydrogen-bond acceptors (Lipinski definition) is 2. The van der Waals surface area contributed by atoms with Crippen molar-refractivity contribution in [1.29, 1.82) is 0 Å². The van der Waals surface area contributed by atoms with Gasteiger partial charge in [0.1, 0.15) is 5.54 Å². The average Bonchev–Trinajstić information content (AvgIpc) is 3.95. The Morgan fingerprint density at radius 1 is 0.379 bits per heavy atom. The first-order chi connectivity index (χ1) is 28.8. The van der Waals surface area contributed by atoms with Gasteiger partial charge in [0.2, 0.25) is 0 Å². The number of nitrogens with zero attached hydrogens (tertiary/aromatic N) is 2. The highest BCUT2D eigenvalue weighted by atomic mass is 32.1. The molecule has 2 aromatic heterocycles. The highest BCUT2D eigenvalue weighted by Gasteiger charge is 2.47. The minimum atomic E-state index is -0.625. The molecular weight excluding hydrogens is 721 g/mol. The van der Waals surface area contributed by atoms with Gasteiger partial charge in [-0.15, -0.1) is 11.3 Å². The van der Waals surface area contributed by atoms with Crippen molar-refractivity contribution in [1.82, 2.24) is 4.57 Å². The molecule has 58 heavy (non-hydrogen) atoms. The molecule has 0 saturated heterocycles. The molecule has 0 saturated carbocycles. The van der Waals surface area contributed by atoms with Crippen LogP contribution < -0.4 is 4.90 Å². The molecule has 0 atom stereocenters. The van der Waals surface area contributed by atoms with Crippen molar-refractivity contribution in [2.45, 2.75) is 5.54 Å². The van der Waals surface area contributed by atoms with Gasteiger partial charge in [-0.25, -0.2) is 0 Å². The largest absolute Gasteiger partial charge is 0.322 e. The lowest BCUT2D eigenvalue weighted by molar-refractivity contribution is 0.564. The van der Waals surface area contributed by atoms with E-state index in [1.165, 1.54) is 86.6 Å². The van der Waals surface area contributed by atoms with E-state index < -0.39 is 5.54 Å². The van der Waals surface area contributed by atoms with Crippen molar-refractivity contribution >= 4 is 70.4 Å². The third-order valence-electron chi connectivity index (χ3n) is 12.2. The molecule has 0 bridgehead atoms. The first-order valence-corrected chi connectivity index (χ1v) is 20.8. The maximum Gasteiger partial charge on any atom is 0.122 e. The van der Waals surface area contributed by atoms with Crippen molar-refractivity contribution in [3.8, 4) is 22.3 Å². The smallest absolute Gasteiger partial charge is 0.122 e. The van der Waals surface area contributed by atoms with Crippen LogP contribution in [0.2, 0.25) is 0 Å². The molecule has 2 nitrogen and oxygen atoms in total. The van der Waals surface area contributed by atoms with E-state index in [4.69, 9.17) is 0 Å². The second-order valence-electron chi connectivity index (χ2n) is 15.2. The van der Waals surface area contributed by atoms with Crippen LogP contribution in [0.4, 0.5) is 17.1 Å². The van der Waals surface area contributed by atoms with Gasteiger partial charge in [0.05, 0.1) is 22.4 Å². The normalized spacial score (nSPS) is 13.0. The molecule has 1 aliphatic rings. The number of thiophene rings is 1. The molecular formula is C55H36N2S. The van der Waals surface area contributed by atoms with E-state index in [2.05, 4.69) is 228 Å². The predicted molar refractivity (Wildman–Crippen MR) is 246 cm³/mol. The Balaban J connectivity index is 1.21. The van der Waals surface area contributed by atoms with Crippen LogP contribution in [-0.4, -0.2) is 4.57 Å². The van der Waals surface area contributed by atoms with Gasteiger partial charge in [-0.1, -0.05) is 170 Å². The molecule has 0 N–H and O–H groups in total. The first-order valence-electron chi connectivity index (χ1n) is 19.9. The van der Waals surface area contributed by atoms with E-state index in [0.717, 1.165) is 11.4 Å². The van der Waals surface area contributed by atoms with Gasteiger partial charge in [0.15, 0.2) is 0 Å². The zero-order valence-corrected chi connectivity index (χ0v) is 32.4. The fourth-order valence-corrected chi connectivity index (χ4v) is 11.0. The predicted octanol–water partition coefficient (Wildman–Crippen LogP) is 15.1. The maximum absolute atomic E-state index is 2.65. The number of fused-ring (bicyclic) bond motifs is 9. The summed E-state index contributed by atoms with van der Waals surface area (Å²) in [6, 6.07) is 80.5. The Bertz CT molecular complexity index is 3290. The maximum atomic E-state index is 2.65. The van der Waals surface area contributed by atoms with Crippen LogP contribution >= 0.6 is 11.3 Å². The molecule has 12 rings (SSSR count). The summed E-state index contributed by atoms with van der Waals surface area (Å²) in [4.78, 5) is 2.51. The Kier molecular flexibility index (Phi) is 7.35. The molecule has 0 amide bonds. The summed E-state index contributed by atoms with van der Waals surface area (Å²) in [6.07, 6.45) is 0. The number of anilines is 3. The molecule has 0 radical (unpaired) electrons. The lowest BCUT2D eigenvalue weighted by atomic mass is 9.80. The zero-order valence-electron chi connectivity index (χ0n) is 31.6.